The molecule has 104 valence electrons. The largest absolute Gasteiger partial charge is 0.376 e. The van der Waals surface area contributed by atoms with Gasteiger partial charge in [-0.1, -0.05) is 49.2 Å². The molecule has 0 atom stereocenters. The summed E-state index contributed by atoms with van der Waals surface area (Å²) in [7, 11) is 0. The third-order valence-corrected chi connectivity index (χ3v) is 4.67. The summed E-state index contributed by atoms with van der Waals surface area (Å²) in [5.74, 6) is 0. The van der Waals surface area contributed by atoms with Crippen molar-refractivity contribution in [2.24, 2.45) is 0 Å². The fourth-order valence-electron chi connectivity index (χ4n) is 3.32. The highest BCUT2D eigenvalue weighted by molar-refractivity contribution is 5.52. The van der Waals surface area contributed by atoms with Gasteiger partial charge in [-0.25, -0.2) is 0 Å². The van der Waals surface area contributed by atoms with E-state index < -0.39 is 0 Å². The summed E-state index contributed by atoms with van der Waals surface area (Å²) in [5, 5.41) is 3.84. The van der Waals surface area contributed by atoms with Gasteiger partial charge < -0.3 is 5.32 Å². The lowest BCUT2D eigenvalue weighted by molar-refractivity contribution is 0.509. The van der Waals surface area contributed by atoms with E-state index in [0.29, 0.717) is 0 Å². The standard InChI is InChI=1S/C19H23N/c1-15-10-11-18(14-16(15)2)20-19(12-6-7-13-19)17-8-4-3-5-9-17/h3-5,8-11,14,20H,6-7,12-13H2,1-2H3. The van der Waals surface area contributed by atoms with Crippen LogP contribution in [0.4, 0.5) is 5.69 Å². The maximum atomic E-state index is 3.84. The van der Waals surface area contributed by atoms with Crippen molar-refractivity contribution in [3.05, 3.63) is 65.2 Å². The van der Waals surface area contributed by atoms with Gasteiger partial charge in [-0.15, -0.1) is 0 Å². The van der Waals surface area contributed by atoms with E-state index >= 15 is 0 Å². The number of rotatable bonds is 3. The summed E-state index contributed by atoms with van der Waals surface area (Å²) in [5.41, 5.74) is 5.52. The molecular formula is C19H23N. The van der Waals surface area contributed by atoms with Gasteiger partial charge in [0.25, 0.3) is 0 Å². The Labute approximate surface area is 122 Å². The number of anilines is 1. The first-order valence-corrected chi connectivity index (χ1v) is 7.61. The van der Waals surface area contributed by atoms with Gasteiger partial charge >= 0.3 is 0 Å². The van der Waals surface area contributed by atoms with Crippen LogP contribution in [0.1, 0.15) is 42.4 Å². The van der Waals surface area contributed by atoms with E-state index in [1.54, 1.807) is 0 Å². The Morgan fingerprint density at radius 2 is 1.55 bits per heavy atom. The van der Waals surface area contributed by atoms with Crippen molar-refractivity contribution in [3.63, 3.8) is 0 Å². The number of hydrogen-bond acceptors (Lipinski definition) is 1. The number of hydrogen-bond donors (Lipinski definition) is 1. The smallest absolute Gasteiger partial charge is 0.0625 e. The zero-order chi connectivity index (χ0) is 14.0. The van der Waals surface area contributed by atoms with Gasteiger partial charge in [-0.3, -0.25) is 0 Å². The van der Waals surface area contributed by atoms with Crippen LogP contribution < -0.4 is 5.32 Å². The van der Waals surface area contributed by atoms with E-state index in [1.165, 1.54) is 48.1 Å². The maximum Gasteiger partial charge on any atom is 0.0625 e. The topological polar surface area (TPSA) is 12.0 Å². The lowest BCUT2D eigenvalue weighted by atomic mass is 9.87. The molecular weight excluding hydrogens is 242 g/mol. The lowest BCUT2D eigenvalue weighted by Crippen LogP contribution is -2.32. The Hall–Kier alpha value is -1.76. The van der Waals surface area contributed by atoms with Gasteiger partial charge in [0.1, 0.15) is 0 Å². The summed E-state index contributed by atoms with van der Waals surface area (Å²) >= 11 is 0. The molecule has 20 heavy (non-hydrogen) atoms. The molecule has 0 unspecified atom stereocenters. The molecule has 2 aromatic rings. The summed E-state index contributed by atoms with van der Waals surface area (Å²) in [6, 6.07) is 17.6. The highest BCUT2D eigenvalue weighted by Crippen LogP contribution is 2.41. The average Bonchev–Trinajstić information content (AvgIpc) is 2.94. The number of benzene rings is 2. The molecule has 1 aliphatic carbocycles. The minimum Gasteiger partial charge on any atom is -0.376 e. The fraction of sp³-hybridized carbons (Fsp3) is 0.368. The maximum absolute atomic E-state index is 3.84. The molecule has 3 rings (SSSR count). The lowest BCUT2D eigenvalue weighted by Gasteiger charge is -2.32. The zero-order valence-electron chi connectivity index (χ0n) is 12.4. The van der Waals surface area contributed by atoms with Crippen molar-refractivity contribution in [3.8, 4) is 0 Å². The van der Waals surface area contributed by atoms with Gasteiger partial charge in [0, 0.05) is 5.69 Å². The van der Waals surface area contributed by atoms with E-state index in [4.69, 9.17) is 0 Å². The van der Waals surface area contributed by atoms with Crippen LogP contribution in [0, 0.1) is 13.8 Å². The van der Waals surface area contributed by atoms with Crippen molar-refractivity contribution in [2.75, 3.05) is 5.32 Å². The second-order valence-electron chi connectivity index (χ2n) is 6.08. The molecule has 1 heteroatoms. The Kier molecular flexibility index (Phi) is 3.52. The van der Waals surface area contributed by atoms with Gasteiger partial charge in [-0.2, -0.15) is 0 Å². The first kappa shape index (κ1) is 13.2. The second-order valence-corrected chi connectivity index (χ2v) is 6.08. The normalized spacial score (nSPS) is 17.1. The molecule has 0 bridgehead atoms. The highest BCUT2D eigenvalue weighted by Gasteiger charge is 2.35. The van der Waals surface area contributed by atoms with Crippen molar-refractivity contribution < 1.29 is 0 Å². The third-order valence-electron chi connectivity index (χ3n) is 4.67. The van der Waals surface area contributed by atoms with Crippen molar-refractivity contribution in [1.29, 1.82) is 0 Å². The van der Waals surface area contributed by atoms with Crippen LogP contribution in [0.2, 0.25) is 0 Å². The molecule has 1 nitrogen and oxygen atoms in total. The predicted molar refractivity (Wildman–Crippen MR) is 86.1 cm³/mol. The minimum absolute atomic E-state index is 0.128. The van der Waals surface area contributed by atoms with E-state index in [1.807, 2.05) is 0 Å². The average molecular weight is 265 g/mol. The van der Waals surface area contributed by atoms with Crippen LogP contribution in [0.3, 0.4) is 0 Å². The fourth-order valence-corrected chi connectivity index (χ4v) is 3.32. The van der Waals surface area contributed by atoms with Gasteiger partial charge in [-0.05, 0) is 55.5 Å². The molecule has 0 saturated heterocycles. The van der Waals surface area contributed by atoms with Crippen molar-refractivity contribution in [1.82, 2.24) is 0 Å². The van der Waals surface area contributed by atoms with Gasteiger partial charge in [0.15, 0.2) is 0 Å². The number of nitrogens with one attached hydrogen (secondary N) is 1. The molecule has 0 radical (unpaired) electrons. The van der Waals surface area contributed by atoms with Crippen LogP contribution in [-0.4, -0.2) is 0 Å². The summed E-state index contributed by atoms with van der Waals surface area (Å²) < 4.78 is 0. The Morgan fingerprint density at radius 3 is 2.20 bits per heavy atom. The molecule has 1 N–H and O–H groups in total. The van der Waals surface area contributed by atoms with Crippen LogP contribution in [0.15, 0.2) is 48.5 Å². The SMILES string of the molecule is Cc1ccc(NC2(c3ccccc3)CCCC2)cc1C. The predicted octanol–water partition coefficient (Wildman–Crippen LogP) is 5.18. The third kappa shape index (κ3) is 2.45. The Morgan fingerprint density at radius 1 is 0.850 bits per heavy atom. The molecule has 1 aliphatic rings. The van der Waals surface area contributed by atoms with E-state index in [9.17, 15) is 0 Å². The first-order valence-electron chi connectivity index (χ1n) is 7.61. The quantitative estimate of drug-likeness (QED) is 0.805. The minimum atomic E-state index is 0.128. The summed E-state index contributed by atoms with van der Waals surface area (Å²) in [6.45, 7) is 4.35. The van der Waals surface area contributed by atoms with Crippen LogP contribution in [0.5, 0.6) is 0 Å². The monoisotopic (exact) mass is 265 g/mol. The van der Waals surface area contributed by atoms with Crippen molar-refractivity contribution >= 4 is 5.69 Å². The first-order chi connectivity index (χ1) is 9.70. The molecule has 1 saturated carbocycles. The Bertz CT molecular complexity index is 580. The molecule has 0 spiro atoms. The van der Waals surface area contributed by atoms with Crippen molar-refractivity contribution in [2.45, 2.75) is 45.1 Å². The number of aryl methyl sites for hydroxylation is 2. The molecule has 2 aromatic carbocycles. The van der Waals surface area contributed by atoms with Gasteiger partial charge in [0.05, 0.1) is 5.54 Å². The Balaban J connectivity index is 1.93. The van der Waals surface area contributed by atoms with E-state index in [0.717, 1.165) is 0 Å². The summed E-state index contributed by atoms with van der Waals surface area (Å²) in [6.07, 6.45) is 5.08. The summed E-state index contributed by atoms with van der Waals surface area (Å²) in [4.78, 5) is 0. The zero-order valence-corrected chi connectivity index (χ0v) is 12.4. The molecule has 0 heterocycles. The van der Waals surface area contributed by atoms with Gasteiger partial charge in [0.2, 0.25) is 0 Å². The van der Waals surface area contributed by atoms with E-state index in [2.05, 4.69) is 67.7 Å². The molecule has 0 aromatic heterocycles. The molecule has 0 aliphatic heterocycles. The van der Waals surface area contributed by atoms with E-state index in [-0.39, 0.29) is 5.54 Å². The molecule has 1 fully saturated rings. The van der Waals surface area contributed by atoms with Crippen LogP contribution in [0.25, 0.3) is 0 Å². The van der Waals surface area contributed by atoms with Crippen LogP contribution >= 0.6 is 0 Å². The molecule has 0 amide bonds. The second kappa shape index (κ2) is 5.32. The highest BCUT2D eigenvalue weighted by atomic mass is 15.0. The van der Waals surface area contributed by atoms with Crippen LogP contribution in [-0.2, 0) is 5.54 Å².